The number of rotatable bonds is 3. The maximum absolute atomic E-state index is 9.97. The maximum atomic E-state index is 9.97. The van der Waals surface area contributed by atoms with Crippen LogP contribution in [-0.4, -0.2) is 4.57 Å². The third-order valence-electron chi connectivity index (χ3n) is 9.96. The van der Waals surface area contributed by atoms with Gasteiger partial charge in [0.05, 0.1) is 28.4 Å². The fourth-order valence-corrected chi connectivity index (χ4v) is 7.96. The predicted octanol–water partition coefficient (Wildman–Crippen LogP) is 11.1. The van der Waals surface area contributed by atoms with Crippen LogP contribution in [0.2, 0.25) is 0 Å². The Morgan fingerprint density at radius 1 is 0.638 bits per heavy atom. The van der Waals surface area contributed by atoms with Crippen molar-refractivity contribution in [3.05, 3.63) is 168 Å². The molecule has 0 radical (unpaired) electrons. The molecule has 0 fully saturated rings. The minimum atomic E-state index is 0.0146. The normalized spacial score (nSPS) is 16.4. The van der Waals surface area contributed by atoms with E-state index in [2.05, 4.69) is 155 Å². The minimum absolute atomic E-state index is 0.0146. The van der Waals surface area contributed by atoms with Crippen molar-refractivity contribution in [1.82, 2.24) is 4.57 Å². The standard InChI is InChI=1S/C43H27N3O/c44-26-27-18-22-40(46-38-16-8-4-12-30(38)31-13-5-9-17-39(31)46)35(24-27)28-19-23-41-36(25-28)34-21-20-33-32-14-6-7-15-37(32)45(42(33)43(34)47-41)29-10-2-1-3-11-29/h1-25,33,42H. The van der Waals surface area contributed by atoms with Crippen molar-refractivity contribution >= 4 is 50.2 Å². The van der Waals surface area contributed by atoms with Crippen LogP contribution in [0.3, 0.4) is 0 Å². The Kier molecular flexibility index (Phi) is 5.44. The first kappa shape index (κ1) is 26.0. The van der Waals surface area contributed by atoms with E-state index in [0.717, 1.165) is 55.8 Å². The van der Waals surface area contributed by atoms with Gasteiger partial charge in [-0.2, -0.15) is 5.26 Å². The van der Waals surface area contributed by atoms with E-state index in [9.17, 15) is 5.26 Å². The van der Waals surface area contributed by atoms with Crippen molar-refractivity contribution < 1.29 is 4.42 Å². The summed E-state index contributed by atoms with van der Waals surface area (Å²) in [5.74, 6) is 1.17. The molecule has 0 bridgehead atoms. The number of furan rings is 1. The van der Waals surface area contributed by atoms with Gasteiger partial charge in [0.15, 0.2) is 0 Å². The summed E-state index contributed by atoms with van der Waals surface area (Å²) in [5, 5.41) is 13.5. The number of hydrogen-bond donors (Lipinski definition) is 0. The van der Waals surface area contributed by atoms with Gasteiger partial charge < -0.3 is 13.9 Å². The molecule has 4 heteroatoms. The number of anilines is 2. The molecule has 2 atom stereocenters. The Hall–Kier alpha value is -6.31. The van der Waals surface area contributed by atoms with Gasteiger partial charge >= 0.3 is 0 Å². The fraction of sp³-hybridized carbons (Fsp3) is 0.0465. The molecule has 0 spiro atoms. The number of nitrogens with zero attached hydrogens (tertiary/aromatic N) is 3. The fourth-order valence-electron chi connectivity index (χ4n) is 7.96. The third-order valence-corrected chi connectivity index (χ3v) is 9.96. The number of hydrogen-bond acceptors (Lipinski definition) is 3. The van der Waals surface area contributed by atoms with Crippen LogP contribution >= 0.6 is 0 Å². The quantitative estimate of drug-likeness (QED) is 0.202. The third kappa shape index (κ3) is 3.69. The van der Waals surface area contributed by atoms with Gasteiger partial charge in [0.25, 0.3) is 0 Å². The van der Waals surface area contributed by atoms with E-state index in [1.54, 1.807) is 0 Å². The molecule has 10 rings (SSSR count). The first-order valence-electron chi connectivity index (χ1n) is 16.0. The summed E-state index contributed by atoms with van der Waals surface area (Å²) in [6, 6.07) is 51.2. The molecule has 47 heavy (non-hydrogen) atoms. The summed E-state index contributed by atoms with van der Waals surface area (Å²) >= 11 is 0. The molecule has 0 N–H and O–H groups in total. The minimum Gasteiger partial charge on any atom is -0.458 e. The van der Waals surface area contributed by atoms with E-state index in [-0.39, 0.29) is 12.0 Å². The van der Waals surface area contributed by atoms with Gasteiger partial charge in [-0.3, -0.25) is 0 Å². The van der Waals surface area contributed by atoms with Crippen molar-refractivity contribution in [3.8, 4) is 22.9 Å². The lowest BCUT2D eigenvalue weighted by Crippen LogP contribution is -2.23. The molecule has 220 valence electrons. The predicted molar refractivity (Wildman–Crippen MR) is 190 cm³/mol. The highest BCUT2D eigenvalue weighted by atomic mass is 16.3. The number of fused-ring (bicyclic) bond motifs is 10. The average molecular weight is 602 g/mol. The first-order chi connectivity index (χ1) is 23.3. The second-order valence-electron chi connectivity index (χ2n) is 12.4. The number of nitriles is 1. The first-order valence-corrected chi connectivity index (χ1v) is 16.0. The zero-order valence-corrected chi connectivity index (χ0v) is 25.3. The highest BCUT2D eigenvalue weighted by Crippen LogP contribution is 2.57. The van der Waals surface area contributed by atoms with Gasteiger partial charge in [0.2, 0.25) is 0 Å². The van der Waals surface area contributed by atoms with Gasteiger partial charge in [0.1, 0.15) is 17.4 Å². The molecule has 4 nitrogen and oxygen atoms in total. The van der Waals surface area contributed by atoms with Gasteiger partial charge in [0, 0.05) is 44.6 Å². The van der Waals surface area contributed by atoms with Gasteiger partial charge in [-0.25, -0.2) is 0 Å². The van der Waals surface area contributed by atoms with Crippen LogP contribution in [0.25, 0.3) is 55.7 Å². The van der Waals surface area contributed by atoms with E-state index in [1.165, 1.54) is 22.0 Å². The van der Waals surface area contributed by atoms with Crippen LogP contribution in [-0.2, 0) is 0 Å². The van der Waals surface area contributed by atoms with Crippen molar-refractivity contribution in [2.75, 3.05) is 4.90 Å². The van der Waals surface area contributed by atoms with Crippen LogP contribution in [0, 0.1) is 11.3 Å². The highest BCUT2D eigenvalue weighted by Gasteiger charge is 2.43. The molecule has 2 unspecified atom stereocenters. The Morgan fingerprint density at radius 2 is 1.36 bits per heavy atom. The average Bonchev–Trinajstić information content (AvgIpc) is 3.79. The Morgan fingerprint density at radius 3 is 2.15 bits per heavy atom. The second kappa shape index (κ2) is 9.84. The molecule has 3 heterocycles. The number of para-hydroxylation sites is 4. The summed E-state index contributed by atoms with van der Waals surface area (Å²) in [4.78, 5) is 2.43. The van der Waals surface area contributed by atoms with Crippen molar-refractivity contribution in [3.63, 3.8) is 0 Å². The molecule has 2 aliphatic rings. The zero-order chi connectivity index (χ0) is 31.1. The van der Waals surface area contributed by atoms with Crippen molar-refractivity contribution in [1.29, 1.82) is 5.26 Å². The molecule has 0 saturated heterocycles. The molecule has 6 aromatic carbocycles. The topological polar surface area (TPSA) is 45.1 Å². The van der Waals surface area contributed by atoms with E-state index in [0.29, 0.717) is 5.56 Å². The summed E-state index contributed by atoms with van der Waals surface area (Å²) < 4.78 is 9.12. The second-order valence-corrected chi connectivity index (χ2v) is 12.4. The van der Waals surface area contributed by atoms with Crippen molar-refractivity contribution in [2.24, 2.45) is 0 Å². The molecule has 1 aliphatic heterocycles. The molecule has 8 aromatic rings. The maximum Gasteiger partial charge on any atom is 0.136 e. The summed E-state index contributed by atoms with van der Waals surface area (Å²) in [6.45, 7) is 0. The zero-order valence-electron chi connectivity index (χ0n) is 25.3. The van der Waals surface area contributed by atoms with E-state index in [4.69, 9.17) is 4.42 Å². The SMILES string of the molecule is N#Cc1ccc(-n2c3ccccc3c3ccccc32)c(-c2ccc3oc4c(c3c2)C=CC2c3ccccc3N(c3ccccc3)C42)c1. The Labute approximate surface area is 271 Å². The van der Waals surface area contributed by atoms with E-state index >= 15 is 0 Å². The molecule has 2 aromatic heterocycles. The molecular weight excluding hydrogens is 574 g/mol. The highest BCUT2D eigenvalue weighted by molar-refractivity contribution is 6.10. The number of aromatic nitrogens is 1. The smallest absolute Gasteiger partial charge is 0.136 e. The van der Waals surface area contributed by atoms with Crippen LogP contribution in [0.15, 0.2) is 150 Å². The van der Waals surface area contributed by atoms with Gasteiger partial charge in [-0.05, 0) is 71.8 Å². The van der Waals surface area contributed by atoms with E-state index in [1.807, 2.05) is 12.1 Å². The number of benzene rings is 6. The van der Waals surface area contributed by atoms with E-state index < -0.39 is 0 Å². The lowest BCUT2D eigenvalue weighted by molar-refractivity contribution is 0.478. The van der Waals surface area contributed by atoms with Crippen LogP contribution in [0.1, 0.15) is 34.4 Å². The summed E-state index contributed by atoms with van der Waals surface area (Å²) in [7, 11) is 0. The molecule has 1 aliphatic carbocycles. The Balaban J connectivity index is 1.18. The lowest BCUT2D eigenvalue weighted by Gasteiger charge is -2.30. The van der Waals surface area contributed by atoms with Crippen molar-refractivity contribution in [2.45, 2.75) is 12.0 Å². The van der Waals surface area contributed by atoms with Crippen LogP contribution < -0.4 is 4.90 Å². The largest absolute Gasteiger partial charge is 0.458 e. The molecule has 0 saturated carbocycles. The van der Waals surface area contributed by atoms with Crippen LogP contribution in [0.5, 0.6) is 0 Å². The summed E-state index contributed by atoms with van der Waals surface area (Å²) in [5.41, 5.74) is 11.6. The monoisotopic (exact) mass is 601 g/mol. The van der Waals surface area contributed by atoms with Gasteiger partial charge in [-0.1, -0.05) is 91.0 Å². The molecular formula is C43H27N3O. The lowest BCUT2D eigenvalue weighted by atomic mass is 9.86. The molecule has 0 amide bonds. The van der Waals surface area contributed by atoms with Gasteiger partial charge in [-0.15, -0.1) is 0 Å². The summed E-state index contributed by atoms with van der Waals surface area (Å²) in [6.07, 6.45) is 4.59. The Bertz CT molecular complexity index is 2560. The van der Waals surface area contributed by atoms with Crippen LogP contribution in [0.4, 0.5) is 11.4 Å².